The van der Waals surface area contributed by atoms with Crippen LogP contribution in [-0.4, -0.2) is 15.1 Å². The molecule has 1 aromatic heterocycles. The number of rotatable bonds is 1. The zero-order chi connectivity index (χ0) is 15.4. The van der Waals surface area contributed by atoms with Crippen molar-refractivity contribution in [2.45, 2.75) is 51.4 Å². The predicted molar refractivity (Wildman–Crippen MR) is 83.8 cm³/mol. The number of hydrogen-bond acceptors (Lipinski definition) is 2. The van der Waals surface area contributed by atoms with Gasteiger partial charge in [-0.05, 0) is 40.9 Å². The van der Waals surface area contributed by atoms with Crippen LogP contribution >= 0.6 is 0 Å². The highest BCUT2D eigenvalue weighted by atomic mass is 16.3. The molecular formula is C17H22N2O2. The third-order valence-corrected chi connectivity index (χ3v) is 4.85. The van der Waals surface area contributed by atoms with Crippen molar-refractivity contribution in [2.75, 3.05) is 0 Å². The van der Waals surface area contributed by atoms with E-state index in [0.29, 0.717) is 5.69 Å². The van der Waals surface area contributed by atoms with Crippen LogP contribution in [0.5, 0.6) is 5.88 Å². The normalized spacial score (nSPS) is 19.2. The molecule has 3 rings (SSSR count). The Labute approximate surface area is 124 Å². The molecule has 4 heteroatoms. The van der Waals surface area contributed by atoms with Crippen molar-refractivity contribution in [1.29, 1.82) is 0 Å². The van der Waals surface area contributed by atoms with Crippen LogP contribution in [0.1, 0.15) is 51.7 Å². The van der Waals surface area contributed by atoms with Gasteiger partial charge in [0.1, 0.15) is 5.69 Å². The molecule has 0 saturated heterocycles. The predicted octanol–water partition coefficient (Wildman–Crippen LogP) is 3.42. The van der Waals surface area contributed by atoms with Crippen molar-refractivity contribution in [1.82, 2.24) is 9.97 Å². The maximum absolute atomic E-state index is 11.3. The molecule has 0 radical (unpaired) electrons. The zero-order valence-electron chi connectivity index (χ0n) is 13.0. The van der Waals surface area contributed by atoms with Gasteiger partial charge in [0.15, 0.2) is 0 Å². The smallest absolute Gasteiger partial charge is 0.326 e. The molecule has 3 N–H and O–H groups in total. The highest BCUT2D eigenvalue weighted by molar-refractivity contribution is 5.66. The van der Waals surface area contributed by atoms with E-state index < -0.39 is 0 Å². The standard InChI is InChI=1S/C17H22N2O2/c1-16(2)7-8-17(3,4)12-9-10(5-6-11(12)16)13-14(20)19-15(21)18-13/h5-6,9,20H,7-8H2,1-4H3,(H2,18,19,21). The van der Waals surface area contributed by atoms with Crippen molar-refractivity contribution in [3.05, 3.63) is 39.8 Å². The summed E-state index contributed by atoms with van der Waals surface area (Å²) in [7, 11) is 0. The zero-order valence-corrected chi connectivity index (χ0v) is 13.0. The molecule has 21 heavy (non-hydrogen) atoms. The average Bonchev–Trinajstić information content (AvgIpc) is 2.74. The van der Waals surface area contributed by atoms with E-state index in [-0.39, 0.29) is 22.4 Å². The molecule has 2 aromatic rings. The Balaban J connectivity index is 2.21. The Kier molecular flexibility index (Phi) is 2.84. The summed E-state index contributed by atoms with van der Waals surface area (Å²) >= 11 is 0. The van der Waals surface area contributed by atoms with E-state index in [4.69, 9.17) is 0 Å². The lowest BCUT2D eigenvalue weighted by Crippen LogP contribution is -2.33. The molecule has 1 heterocycles. The van der Waals surface area contributed by atoms with Crippen LogP contribution in [0, 0.1) is 0 Å². The Morgan fingerprint density at radius 1 is 1.00 bits per heavy atom. The quantitative estimate of drug-likeness (QED) is 0.751. The first kappa shape index (κ1) is 14.0. The van der Waals surface area contributed by atoms with E-state index in [1.165, 1.54) is 17.5 Å². The molecule has 4 nitrogen and oxygen atoms in total. The highest BCUT2D eigenvalue weighted by Crippen LogP contribution is 2.46. The summed E-state index contributed by atoms with van der Waals surface area (Å²) in [6.07, 6.45) is 2.30. The number of nitrogens with one attached hydrogen (secondary N) is 2. The van der Waals surface area contributed by atoms with Crippen LogP contribution in [-0.2, 0) is 10.8 Å². The molecule has 1 aromatic carbocycles. The van der Waals surface area contributed by atoms with E-state index in [2.05, 4.69) is 49.8 Å². The molecule has 0 amide bonds. The van der Waals surface area contributed by atoms with Gasteiger partial charge < -0.3 is 10.1 Å². The number of benzene rings is 1. The number of aromatic nitrogens is 2. The number of imidazole rings is 1. The van der Waals surface area contributed by atoms with Crippen molar-refractivity contribution in [3.63, 3.8) is 0 Å². The largest absolute Gasteiger partial charge is 0.493 e. The number of aromatic hydroxyl groups is 1. The first-order valence-electron chi connectivity index (χ1n) is 7.37. The number of aromatic amines is 2. The molecule has 0 atom stereocenters. The van der Waals surface area contributed by atoms with Crippen LogP contribution in [0.25, 0.3) is 11.3 Å². The van der Waals surface area contributed by atoms with E-state index in [0.717, 1.165) is 12.0 Å². The lowest BCUT2D eigenvalue weighted by molar-refractivity contribution is 0.332. The summed E-state index contributed by atoms with van der Waals surface area (Å²) in [5.41, 5.74) is 3.85. The molecule has 0 aliphatic heterocycles. The van der Waals surface area contributed by atoms with Gasteiger partial charge in [0.05, 0.1) is 0 Å². The minimum Gasteiger partial charge on any atom is -0.493 e. The Morgan fingerprint density at radius 2 is 1.62 bits per heavy atom. The van der Waals surface area contributed by atoms with Crippen molar-refractivity contribution >= 4 is 0 Å². The van der Waals surface area contributed by atoms with Crippen LogP contribution in [0.15, 0.2) is 23.0 Å². The molecule has 0 fully saturated rings. The van der Waals surface area contributed by atoms with Gasteiger partial charge in [0.25, 0.3) is 0 Å². The SMILES string of the molecule is CC1(C)CCC(C)(C)c2cc(-c3[nH]c(=O)[nH]c3O)ccc21. The van der Waals surface area contributed by atoms with Crippen LogP contribution in [0.4, 0.5) is 0 Å². The Hall–Kier alpha value is -1.97. The number of hydrogen-bond donors (Lipinski definition) is 3. The van der Waals surface area contributed by atoms with Crippen LogP contribution in [0.3, 0.4) is 0 Å². The summed E-state index contributed by atoms with van der Waals surface area (Å²) in [5, 5.41) is 9.83. The summed E-state index contributed by atoms with van der Waals surface area (Å²) in [4.78, 5) is 16.4. The first-order chi connectivity index (χ1) is 9.71. The Bertz CT molecular complexity index is 750. The summed E-state index contributed by atoms with van der Waals surface area (Å²) in [6.45, 7) is 9.06. The van der Waals surface area contributed by atoms with Crippen molar-refractivity contribution < 1.29 is 5.11 Å². The fraction of sp³-hybridized carbons (Fsp3) is 0.471. The molecule has 0 spiro atoms. The second kappa shape index (κ2) is 4.26. The van der Waals surface area contributed by atoms with Crippen molar-refractivity contribution in [2.24, 2.45) is 0 Å². The van der Waals surface area contributed by atoms with Gasteiger partial charge in [0, 0.05) is 5.56 Å². The Morgan fingerprint density at radius 3 is 2.19 bits per heavy atom. The minimum absolute atomic E-state index is 0.104. The number of H-pyrrole nitrogens is 2. The monoisotopic (exact) mass is 286 g/mol. The summed E-state index contributed by atoms with van der Waals surface area (Å²) in [6, 6.07) is 6.21. The van der Waals surface area contributed by atoms with E-state index >= 15 is 0 Å². The lowest BCUT2D eigenvalue weighted by atomic mass is 9.63. The molecule has 0 unspecified atom stereocenters. The fourth-order valence-corrected chi connectivity index (χ4v) is 3.33. The van der Waals surface area contributed by atoms with Gasteiger partial charge in [-0.1, -0.05) is 39.8 Å². The third kappa shape index (κ3) is 2.19. The summed E-state index contributed by atoms with van der Waals surface area (Å²) in [5.74, 6) is -0.104. The van der Waals surface area contributed by atoms with Gasteiger partial charge in [-0.2, -0.15) is 0 Å². The molecule has 1 aliphatic carbocycles. The number of fused-ring (bicyclic) bond motifs is 1. The minimum atomic E-state index is -0.389. The van der Waals surface area contributed by atoms with Crippen LogP contribution in [0.2, 0.25) is 0 Å². The molecule has 0 saturated carbocycles. The first-order valence-corrected chi connectivity index (χ1v) is 7.37. The van der Waals surface area contributed by atoms with E-state index in [9.17, 15) is 9.90 Å². The maximum Gasteiger partial charge on any atom is 0.326 e. The highest BCUT2D eigenvalue weighted by Gasteiger charge is 2.37. The van der Waals surface area contributed by atoms with Gasteiger partial charge in [-0.15, -0.1) is 0 Å². The average molecular weight is 286 g/mol. The van der Waals surface area contributed by atoms with Gasteiger partial charge >= 0.3 is 5.69 Å². The summed E-state index contributed by atoms with van der Waals surface area (Å²) < 4.78 is 0. The van der Waals surface area contributed by atoms with E-state index in [1.807, 2.05) is 6.07 Å². The third-order valence-electron chi connectivity index (χ3n) is 4.85. The van der Waals surface area contributed by atoms with Gasteiger partial charge in [0.2, 0.25) is 5.88 Å². The maximum atomic E-state index is 11.3. The molecule has 0 bridgehead atoms. The van der Waals surface area contributed by atoms with Gasteiger partial charge in [-0.3, -0.25) is 4.98 Å². The fourth-order valence-electron chi connectivity index (χ4n) is 3.33. The second-order valence-electron chi connectivity index (χ2n) is 7.33. The topological polar surface area (TPSA) is 68.9 Å². The molecular weight excluding hydrogens is 264 g/mol. The second-order valence-corrected chi connectivity index (χ2v) is 7.33. The molecule has 1 aliphatic rings. The molecule has 112 valence electrons. The van der Waals surface area contributed by atoms with E-state index in [1.54, 1.807) is 0 Å². The van der Waals surface area contributed by atoms with Crippen LogP contribution < -0.4 is 5.69 Å². The van der Waals surface area contributed by atoms with Gasteiger partial charge in [-0.25, -0.2) is 4.79 Å². The lowest BCUT2D eigenvalue weighted by Gasteiger charge is -2.42. The van der Waals surface area contributed by atoms with Crippen molar-refractivity contribution in [3.8, 4) is 17.1 Å².